The van der Waals surface area contributed by atoms with Crippen LogP contribution in [0.1, 0.15) is 25.8 Å². The summed E-state index contributed by atoms with van der Waals surface area (Å²) in [7, 11) is 0. The van der Waals surface area contributed by atoms with E-state index in [-0.39, 0.29) is 5.91 Å². The van der Waals surface area contributed by atoms with Crippen LogP contribution in [0.2, 0.25) is 0 Å². The summed E-state index contributed by atoms with van der Waals surface area (Å²) in [5.41, 5.74) is 3.52. The van der Waals surface area contributed by atoms with Gasteiger partial charge < -0.3 is 15.5 Å². The van der Waals surface area contributed by atoms with Gasteiger partial charge >= 0.3 is 0 Å². The fourth-order valence-electron chi connectivity index (χ4n) is 2.78. The number of nitrogens with one attached hydrogen (secondary N) is 2. The summed E-state index contributed by atoms with van der Waals surface area (Å²) in [6.45, 7) is 7.65. The smallest absolute Gasteiger partial charge is 0.221 e. The van der Waals surface area contributed by atoms with Gasteiger partial charge in [-0.3, -0.25) is 4.79 Å². The van der Waals surface area contributed by atoms with Gasteiger partial charge in [-0.25, -0.2) is 0 Å². The van der Waals surface area contributed by atoms with Crippen LogP contribution in [-0.2, 0) is 11.2 Å². The van der Waals surface area contributed by atoms with E-state index in [4.69, 9.17) is 0 Å². The van der Waals surface area contributed by atoms with E-state index in [1.165, 1.54) is 11.3 Å². The van der Waals surface area contributed by atoms with Crippen LogP contribution in [0.15, 0.2) is 54.6 Å². The van der Waals surface area contributed by atoms with Crippen molar-refractivity contribution in [3.8, 4) is 0 Å². The maximum Gasteiger partial charge on any atom is 0.221 e. The van der Waals surface area contributed by atoms with Gasteiger partial charge in [-0.15, -0.1) is 0 Å². The molecule has 1 amide bonds. The number of amides is 1. The summed E-state index contributed by atoms with van der Waals surface area (Å²) in [5.74, 6) is 0.0863. The third-order valence-corrected chi connectivity index (χ3v) is 4.26. The molecule has 0 saturated carbocycles. The van der Waals surface area contributed by atoms with E-state index in [0.29, 0.717) is 19.5 Å². The number of carbonyl (C=O) groups excluding carboxylic acids is 1. The van der Waals surface area contributed by atoms with Gasteiger partial charge in [0.05, 0.1) is 0 Å². The molecule has 0 aliphatic rings. The molecule has 2 aromatic rings. The second-order valence-corrected chi connectivity index (χ2v) is 5.98. The summed E-state index contributed by atoms with van der Waals surface area (Å²) < 4.78 is 0. The quantitative estimate of drug-likeness (QED) is 0.694. The fourth-order valence-corrected chi connectivity index (χ4v) is 2.78. The van der Waals surface area contributed by atoms with Crippen LogP contribution in [0.4, 0.5) is 11.4 Å². The van der Waals surface area contributed by atoms with Crippen molar-refractivity contribution in [1.29, 1.82) is 0 Å². The average molecular weight is 339 g/mol. The highest BCUT2D eigenvalue weighted by Gasteiger charge is 2.03. The first-order chi connectivity index (χ1) is 12.2. The molecule has 0 aliphatic carbocycles. The molecule has 0 radical (unpaired) electrons. The van der Waals surface area contributed by atoms with Crippen molar-refractivity contribution in [2.24, 2.45) is 0 Å². The summed E-state index contributed by atoms with van der Waals surface area (Å²) in [6.07, 6.45) is 1.35. The summed E-state index contributed by atoms with van der Waals surface area (Å²) >= 11 is 0. The first-order valence-electron chi connectivity index (χ1n) is 9.12. The van der Waals surface area contributed by atoms with E-state index in [9.17, 15) is 4.79 Å². The monoisotopic (exact) mass is 339 g/mol. The largest absolute Gasteiger partial charge is 0.385 e. The maximum atomic E-state index is 11.9. The number of nitrogens with zero attached hydrogens (tertiary/aromatic N) is 1. The Balaban J connectivity index is 1.65. The first-order valence-corrected chi connectivity index (χ1v) is 9.12. The highest BCUT2D eigenvalue weighted by atomic mass is 16.1. The Morgan fingerprint density at radius 1 is 0.920 bits per heavy atom. The van der Waals surface area contributed by atoms with Crippen molar-refractivity contribution in [2.75, 3.05) is 36.4 Å². The van der Waals surface area contributed by atoms with Gasteiger partial charge in [0.2, 0.25) is 5.91 Å². The Morgan fingerprint density at radius 3 is 2.24 bits per heavy atom. The van der Waals surface area contributed by atoms with E-state index in [0.717, 1.165) is 25.2 Å². The zero-order valence-corrected chi connectivity index (χ0v) is 15.3. The molecular weight excluding hydrogens is 310 g/mol. The molecule has 0 unspecified atom stereocenters. The lowest BCUT2D eigenvalue weighted by Crippen LogP contribution is -2.27. The predicted molar refractivity (Wildman–Crippen MR) is 106 cm³/mol. The lowest BCUT2D eigenvalue weighted by molar-refractivity contribution is -0.120. The van der Waals surface area contributed by atoms with Gasteiger partial charge in [-0.2, -0.15) is 0 Å². The zero-order chi connectivity index (χ0) is 17.9. The predicted octanol–water partition coefficient (Wildman–Crippen LogP) is 3.69. The molecule has 4 heteroatoms. The van der Waals surface area contributed by atoms with Crippen molar-refractivity contribution in [2.45, 2.75) is 26.7 Å². The Labute approximate surface area is 151 Å². The standard InChI is InChI=1S/C21H29N3O/c1-3-24(4-2)20-12-10-19(11-13-20)22-17-15-21(25)23-16-14-18-8-6-5-7-9-18/h5-13,22H,3-4,14-17H2,1-2H3,(H,23,25). The molecule has 2 aromatic carbocycles. The fraction of sp³-hybridized carbons (Fsp3) is 0.381. The average Bonchev–Trinajstić information content (AvgIpc) is 2.65. The molecule has 0 aromatic heterocycles. The van der Waals surface area contributed by atoms with E-state index in [1.54, 1.807) is 0 Å². The number of benzene rings is 2. The molecular formula is C21H29N3O. The van der Waals surface area contributed by atoms with Crippen LogP contribution < -0.4 is 15.5 Å². The normalized spacial score (nSPS) is 10.3. The van der Waals surface area contributed by atoms with Crippen LogP contribution >= 0.6 is 0 Å². The molecule has 0 spiro atoms. The van der Waals surface area contributed by atoms with Gasteiger partial charge in [0.1, 0.15) is 0 Å². The van der Waals surface area contributed by atoms with Gasteiger partial charge in [-0.05, 0) is 50.1 Å². The Morgan fingerprint density at radius 2 is 1.60 bits per heavy atom. The minimum Gasteiger partial charge on any atom is -0.385 e. The summed E-state index contributed by atoms with van der Waals surface area (Å²) in [5, 5.41) is 6.28. The third-order valence-electron chi connectivity index (χ3n) is 4.26. The van der Waals surface area contributed by atoms with Gasteiger partial charge in [0, 0.05) is 44.0 Å². The Bertz CT molecular complexity index is 621. The number of anilines is 2. The van der Waals surface area contributed by atoms with Crippen molar-refractivity contribution in [3.05, 3.63) is 60.2 Å². The lowest BCUT2D eigenvalue weighted by atomic mass is 10.1. The van der Waals surface area contributed by atoms with Crippen molar-refractivity contribution in [3.63, 3.8) is 0 Å². The van der Waals surface area contributed by atoms with Gasteiger partial charge in [0.15, 0.2) is 0 Å². The number of carbonyl (C=O) groups is 1. The van der Waals surface area contributed by atoms with E-state index < -0.39 is 0 Å². The SMILES string of the molecule is CCN(CC)c1ccc(NCCC(=O)NCCc2ccccc2)cc1. The van der Waals surface area contributed by atoms with Crippen molar-refractivity contribution < 1.29 is 4.79 Å². The molecule has 0 fully saturated rings. The van der Waals surface area contributed by atoms with Crippen LogP contribution in [0, 0.1) is 0 Å². The third kappa shape index (κ3) is 6.49. The summed E-state index contributed by atoms with van der Waals surface area (Å²) in [4.78, 5) is 14.2. The second kappa shape index (κ2) is 10.4. The van der Waals surface area contributed by atoms with Crippen LogP contribution in [0.25, 0.3) is 0 Å². The molecule has 0 saturated heterocycles. The Hall–Kier alpha value is -2.49. The maximum absolute atomic E-state index is 11.9. The minimum atomic E-state index is 0.0863. The number of hydrogen-bond donors (Lipinski definition) is 2. The second-order valence-electron chi connectivity index (χ2n) is 5.98. The van der Waals surface area contributed by atoms with Gasteiger partial charge in [0.25, 0.3) is 0 Å². The molecule has 4 nitrogen and oxygen atoms in total. The number of rotatable bonds is 10. The topological polar surface area (TPSA) is 44.4 Å². The molecule has 0 aliphatic heterocycles. The molecule has 0 atom stereocenters. The molecule has 25 heavy (non-hydrogen) atoms. The molecule has 2 rings (SSSR count). The first kappa shape index (κ1) is 18.8. The molecule has 0 bridgehead atoms. The van der Waals surface area contributed by atoms with E-state index >= 15 is 0 Å². The highest BCUT2D eigenvalue weighted by Crippen LogP contribution is 2.17. The van der Waals surface area contributed by atoms with E-state index in [1.807, 2.05) is 18.2 Å². The molecule has 2 N–H and O–H groups in total. The molecule has 0 heterocycles. The highest BCUT2D eigenvalue weighted by molar-refractivity contribution is 5.76. The van der Waals surface area contributed by atoms with Gasteiger partial charge in [-0.1, -0.05) is 30.3 Å². The lowest BCUT2D eigenvalue weighted by Gasteiger charge is -2.21. The molecule has 134 valence electrons. The Kier molecular flexibility index (Phi) is 7.83. The van der Waals surface area contributed by atoms with Crippen LogP contribution in [0.3, 0.4) is 0 Å². The minimum absolute atomic E-state index is 0.0863. The van der Waals surface area contributed by atoms with Crippen molar-refractivity contribution >= 4 is 17.3 Å². The van der Waals surface area contributed by atoms with Crippen LogP contribution in [0.5, 0.6) is 0 Å². The zero-order valence-electron chi connectivity index (χ0n) is 15.3. The van der Waals surface area contributed by atoms with E-state index in [2.05, 4.69) is 65.8 Å². The summed E-state index contributed by atoms with van der Waals surface area (Å²) in [6, 6.07) is 18.6. The number of hydrogen-bond acceptors (Lipinski definition) is 3. The van der Waals surface area contributed by atoms with Crippen LogP contribution in [-0.4, -0.2) is 32.1 Å². The van der Waals surface area contributed by atoms with Crippen molar-refractivity contribution in [1.82, 2.24) is 5.32 Å².